The first-order valence-corrected chi connectivity index (χ1v) is 6.78. The molecule has 17 heavy (non-hydrogen) atoms. The molecule has 1 unspecified atom stereocenters. The van der Waals surface area contributed by atoms with Gasteiger partial charge in [0.2, 0.25) is 0 Å². The molecule has 2 rings (SSSR count). The van der Waals surface area contributed by atoms with Gasteiger partial charge < -0.3 is 5.11 Å². The topological polar surface area (TPSA) is 38.0 Å². The Labute approximate surface area is 110 Å². The van der Waals surface area contributed by atoms with Crippen molar-refractivity contribution in [3.8, 4) is 0 Å². The van der Waals surface area contributed by atoms with Gasteiger partial charge in [0.25, 0.3) is 0 Å². The van der Waals surface area contributed by atoms with Gasteiger partial charge in [-0.3, -0.25) is 4.68 Å². The Bertz CT molecular complexity index is 479. The van der Waals surface area contributed by atoms with E-state index in [-0.39, 0.29) is 6.04 Å². The fourth-order valence-electron chi connectivity index (χ4n) is 1.79. The Balaban J connectivity index is 2.24. The first-order chi connectivity index (χ1) is 8.09. The lowest BCUT2D eigenvalue weighted by Gasteiger charge is -2.15. The molecule has 0 radical (unpaired) electrons. The zero-order valence-corrected chi connectivity index (χ0v) is 11.4. The molecule has 1 atom stereocenters. The van der Waals surface area contributed by atoms with Gasteiger partial charge in [-0.25, -0.2) is 0 Å². The van der Waals surface area contributed by atoms with Gasteiger partial charge in [-0.2, -0.15) is 5.10 Å². The molecule has 0 amide bonds. The number of thiophene rings is 1. The van der Waals surface area contributed by atoms with Crippen molar-refractivity contribution in [1.29, 1.82) is 0 Å². The average Bonchev–Trinajstić information content (AvgIpc) is 2.86. The molecule has 0 aromatic carbocycles. The standard InChI is InChI=1S/C12H15ClN2OS/c1-8(2)15-12(10(13)7-14-15)11(16)6-9-4-3-5-17-9/h3-5,7-8,11,16H,6H2,1-2H3. The summed E-state index contributed by atoms with van der Waals surface area (Å²) in [6.07, 6.45) is 1.57. The van der Waals surface area contributed by atoms with Crippen molar-refractivity contribution in [3.05, 3.63) is 39.3 Å². The van der Waals surface area contributed by atoms with Crippen LogP contribution < -0.4 is 0 Å². The summed E-state index contributed by atoms with van der Waals surface area (Å²) in [6.45, 7) is 4.04. The third-order valence-electron chi connectivity index (χ3n) is 2.57. The Morgan fingerprint density at radius 1 is 1.53 bits per heavy atom. The Hall–Kier alpha value is -0.840. The molecule has 92 valence electrons. The van der Waals surface area contributed by atoms with Crippen LogP contribution in [0.5, 0.6) is 0 Å². The highest BCUT2D eigenvalue weighted by molar-refractivity contribution is 7.09. The average molecular weight is 271 g/mol. The van der Waals surface area contributed by atoms with Gasteiger partial charge >= 0.3 is 0 Å². The van der Waals surface area contributed by atoms with Crippen LogP contribution in [0.4, 0.5) is 0 Å². The van der Waals surface area contributed by atoms with Crippen LogP contribution in [0.3, 0.4) is 0 Å². The van der Waals surface area contributed by atoms with Crippen LogP contribution >= 0.6 is 22.9 Å². The highest BCUT2D eigenvalue weighted by atomic mass is 35.5. The summed E-state index contributed by atoms with van der Waals surface area (Å²) in [4.78, 5) is 1.14. The molecular weight excluding hydrogens is 256 g/mol. The predicted octanol–water partition coefficient (Wildman–Crippen LogP) is 3.46. The predicted molar refractivity (Wildman–Crippen MR) is 70.6 cm³/mol. The molecule has 2 aromatic rings. The van der Waals surface area contributed by atoms with Gasteiger partial charge in [0, 0.05) is 17.3 Å². The second-order valence-corrected chi connectivity index (χ2v) is 5.65. The molecule has 0 spiro atoms. The summed E-state index contributed by atoms with van der Waals surface area (Å²) in [7, 11) is 0. The van der Waals surface area contributed by atoms with E-state index >= 15 is 0 Å². The molecule has 0 aliphatic rings. The van der Waals surface area contributed by atoms with Crippen molar-refractivity contribution in [2.24, 2.45) is 0 Å². The third kappa shape index (κ3) is 2.70. The van der Waals surface area contributed by atoms with E-state index in [1.54, 1.807) is 22.2 Å². The van der Waals surface area contributed by atoms with Crippen LogP contribution in [0, 0.1) is 0 Å². The summed E-state index contributed by atoms with van der Waals surface area (Å²) in [6, 6.07) is 4.18. The minimum absolute atomic E-state index is 0.190. The van der Waals surface area contributed by atoms with Crippen LogP contribution in [-0.4, -0.2) is 14.9 Å². The molecule has 2 heterocycles. The van der Waals surface area contributed by atoms with E-state index in [1.807, 2.05) is 31.4 Å². The van der Waals surface area contributed by atoms with Crippen LogP contribution in [0.2, 0.25) is 5.02 Å². The van der Waals surface area contributed by atoms with E-state index in [9.17, 15) is 5.11 Å². The Morgan fingerprint density at radius 2 is 2.29 bits per heavy atom. The zero-order chi connectivity index (χ0) is 12.4. The van der Waals surface area contributed by atoms with Gasteiger partial charge in [0.05, 0.1) is 16.9 Å². The highest BCUT2D eigenvalue weighted by Crippen LogP contribution is 2.28. The maximum absolute atomic E-state index is 10.3. The number of hydrogen-bond acceptors (Lipinski definition) is 3. The smallest absolute Gasteiger partial charge is 0.102 e. The van der Waals surface area contributed by atoms with Crippen molar-refractivity contribution in [3.63, 3.8) is 0 Å². The van der Waals surface area contributed by atoms with Gasteiger partial charge in [-0.1, -0.05) is 17.7 Å². The lowest BCUT2D eigenvalue weighted by molar-refractivity contribution is 0.165. The molecule has 0 aliphatic heterocycles. The van der Waals surface area contributed by atoms with E-state index in [0.717, 1.165) is 4.88 Å². The van der Waals surface area contributed by atoms with Gasteiger partial charge in [-0.05, 0) is 25.3 Å². The van der Waals surface area contributed by atoms with E-state index in [1.165, 1.54) is 0 Å². The molecular formula is C12H15ClN2OS. The quantitative estimate of drug-likeness (QED) is 0.924. The number of aromatic nitrogens is 2. The number of rotatable bonds is 4. The lowest BCUT2D eigenvalue weighted by Crippen LogP contribution is -2.13. The van der Waals surface area contributed by atoms with Crippen molar-refractivity contribution in [1.82, 2.24) is 9.78 Å². The lowest BCUT2D eigenvalue weighted by atomic mass is 10.1. The maximum atomic E-state index is 10.3. The molecule has 3 nitrogen and oxygen atoms in total. The van der Waals surface area contributed by atoms with Crippen molar-refractivity contribution in [2.75, 3.05) is 0 Å². The van der Waals surface area contributed by atoms with Crippen LogP contribution in [0.25, 0.3) is 0 Å². The largest absolute Gasteiger partial charge is 0.386 e. The van der Waals surface area contributed by atoms with Crippen LogP contribution in [0.15, 0.2) is 23.7 Å². The first-order valence-electron chi connectivity index (χ1n) is 5.53. The molecule has 0 saturated carbocycles. The minimum atomic E-state index is -0.606. The Morgan fingerprint density at radius 3 is 2.88 bits per heavy atom. The second kappa shape index (κ2) is 5.21. The van der Waals surface area contributed by atoms with E-state index < -0.39 is 6.10 Å². The second-order valence-electron chi connectivity index (χ2n) is 4.22. The van der Waals surface area contributed by atoms with E-state index in [4.69, 9.17) is 11.6 Å². The fraction of sp³-hybridized carbons (Fsp3) is 0.417. The molecule has 5 heteroatoms. The van der Waals surface area contributed by atoms with Gasteiger partial charge in [0.1, 0.15) is 6.10 Å². The zero-order valence-electron chi connectivity index (χ0n) is 9.80. The van der Waals surface area contributed by atoms with Crippen molar-refractivity contribution >= 4 is 22.9 Å². The molecule has 2 aromatic heterocycles. The minimum Gasteiger partial charge on any atom is -0.386 e. The van der Waals surface area contributed by atoms with Crippen molar-refractivity contribution in [2.45, 2.75) is 32.4 Å². The first kappa shape index (κ1) is 12.6. The monoisotopic (exact) mass is 270 g/mol. The molecule has 0 fully saturated rings. The van der Waals surface area contributed by atoms with Gasteiger partial charge in [0.15, 0.2) is 0 Å². The number of hydrogen-bond donors (Lipinski definition) is 1. The summed E-state index contributed by atoms with van der Waals surface area (Å²) < 4.78 is 1.78. The maximum Gasteiger partial charge on any atom is 0.102 e. The van der Waals surface area contributed by atoms with E-state index in [0.29, 0.717) is 17.1 Å². The molecule has 0 aliphatic carbocycles. The number of aliphatic hydroxyl groups excluding tert-OH is 1. The van der Waals surface area contributed by atoms with E-state index in [2.05, 4.69) is 5.10 Å². The summed E-state index contributed by atoms with van der Waals surface area (Å²) in [5.41, 5.74) is 0.704. The highest BCUT2D eigenvalue weighted by Gasteiger charge is 2.20. The van der Waals surface area contributed by atoms with Gasteiger partial charge in [-0.15, -0.1) is 11.3 Å². The van der Waals surface area contributed by atoms with Crippen LogP contribution in [0.1, 0.15) is 36.6 Å². The Kier molecular flexibility index (Phi) is 3.86. The number of aliphatic hydroxyl groups is 1. The summed E-state index contributed by atoms with van der Waals surface area (Å²) in [5.74, 6) is 0. The van der Waals surface area contributed by atoms with Crippen LogP contribution in [-0.2, 0) is 6.42 Å². The summed E-state index contributed by atoms with van der Waals surface area (Å²) in [5, 5.41) is 17.0. The molecule has 0 bridgehead atoms. The van der Waals surface area contributed by atoms with Crippen molar-refractivity contribution < 1.29 is 5.11 Å². The molecule has 1 N–H and O–H groups in total. The fourth-order valence-corrected chi connectivity index (χ4v) is 2.79. The number of halogens is 1. The normalized spacial score (nSPS) is 13.2. The molecule has 0 saturated heterocycles. The SMILES string of the molecule is CC(C)n1ncc(Cl)c1C(O)Cc1cccs1. The number of nitrogens with zero attached hydrogens (tertiary/aromatic N) is 2. The summed E-state index contributed by atoms with van der Waals surface area (Å²) >= 11 is 7.72. The third-order valence-corrected chi connectivity index (χ3v) is 3.76.